The Balaban J connectivity index is 0.000000325. The van der Waals surface area contributed by atoms with Crippen LogP contribution in [0.25, 0.3) is 0 Å². The fraction of sp³-hybridized carbons (Fsp3) is 0.929. The van der Waals surface area contributed by atoms with Crippen molar-refractivity contribution in [3.05, 3.63) is 0 Å². The zero-order chi connectivity index (χ0) is 12.2. The molecule has 96 valence electrons. The first kappa shape index (κ1) is 16.0. The van der Waals surface area contributed by atoms with Crippen LogP contribution in [-0.4, -0.2) is 17.3 Å². The SMILES string of the molecule is CCCC1CCCCC1=O.CCCSCC. The van der Waals surface area contributed by atoms with Crippen LogP contribution in [0.3, 0.4) is 0 Å². The lowest BCUT2D eigenvalue weighted by atomic mass is 9.85. The minimum atomic E-state index is 0.429. The summed E-state index contributed by atoms with van der Waals surface area (Å²) in [4.78, 5) is 11.2. The minimum absolute atomic E-state index is 0.429. The van der Waals surface area contributed by atoms with Gasteiger partial charge in [0.2, 0.25) is 0 Å². The number of hydrogen-bond donors (Lipinski definition) is 0. The van der Waals surface area contributed by atoms with Crippen molar-refractivity contribution in [2.75, 3.05) is 11.5 Å². The van der Waals surface area contributed by atoms with Crippen LogP contribution in [0.4, 0.5) is 0 Å². The van der Waals surface area contributed by atoms with Gasteiger partial charge in [0.05, 0.1) is 0 Å². The average molecular weight is 244 g/mol. The summed E-state index contributed by atoms with van der Waals surface area (Å²) in [5.74, 6) is 3.55. The van der Waals surface area contributed by atoms with Gasteiger partial charge >= 0.3 is 0 Å². The molecule has 0 spiro atoms. The van der Waals surface area contributed by atoms with Crippen LogP contribution < -0.4 is 0 Å². The summed E-state index contributed by atoms with van der Waals surface area (Å²) in [5, 5.41) is 0. The molecule has 1 aliphatic rings. The van der Waals surface area contributed by atoms with E-state index in [4.69, 9.17) is 0 Å². The fourth-order valence-corrected chi connectivity index (χ4v) is 2.57. The summed E-state index contributed by atoms with van der Waals surface area (Å²) in [5.41, 5.74) is 0. The zero-order valence-electron chi connectivity index (χ0n) is 11.3. The van der Waals surface area contributed by atoms with Gasteiger partial charge in [-0.05, 0) is 37.2 Å². The maximum absolute atomic E-state index is 11.2. The summed E-state index contributed by atoms with van der Waals surface area (Å²) in [6.07, 6.45) is 8.03. The number of carbonyl (C=O) groups excluding carboxylic acids is 1. The molecule has 1 atom stereocenters. The van der Waals surface area contributed by atoms with Crippen molar-refractivity contribution in [2.45, 2.75) is 65.7 Å². The maximum Gasteiger partial charge on any atom is 0.135 e. The highest BCUT2D eigenvalue weighted by Crippen LogP contribution is 2.23. The van der Waals surface area contributed by atoms with E-state index in [9.17, 15) is 4.79 Å². The normalized spacial score (nSPS) is 20.2. The van der Waals surface area contributed by atoms with E-state index in [1.807, 2.05) is 11.8 Å². The molecule has 1 saturated carbocycles. The van der Waals surface area contributed by atoms with Crippen molar-refractivity contribution in [1.29, 1.82) is 0 Å². The Morgan fingerprint density at radius 1 is 1.19 bits per heavy atom. The van der Waals surface area contributed by atoms with Crippen molar-refractivity contribution in [3.8, 4) is 0 Å². The van der Waals surface area contributed by atoms with Crippen molar-refractivity contribution >= 4 is 17.5 Å². The zero-order valence-corrected chi connectivity index (χ0v) is 12.1. The highest BCUT2D eigenvalue weighted by atomic mass is 32.2. The van der Waals surface area contributed by atoms with E-state index in [2.05, 4.69) is 20.8 Å². The van der Waals surface area contributed by atoms with E-state index in [-0.39, 0.29) is 0 Å². The van der Waals surface area contributed by atoms with Gasteiger partial charge in [0.15, 0.2) is 0 Å². The molecule has 1 aliphatic carbocycles. The lowest BCUT2D eigenvalue weighted by molar-refractivity contribution is -0.124. The second kappa shape index (κ2) is 11.5. The van der Waals surface area contributed by atoms with Gasteiger partial charge in [-0.3, -0.25) is 4.79 Å². The third kappa shape index (κ3) is 8.20. The third-order valence-corrected chi connectivity index (χ3v) is 3.98. The monoisotopic (exact) mass is 244 g/mol. The molecule has 1 fully saturated rings. The summed E-state index contributed by atoms with van der Waals surface area (Å²) in [6, 6.07) is 0. The van der Waals surface area contributed by atoms with Crippen LogP contribution >= 0.6 is 11.8 Å². The summed E-state index contributed by atoms with van der Waals surface area (Å²) in [6.45, 7) is 6.56. The average Bonchev–Trinajstić information content (AvgIpc) is 2.31. The molecule has 1 unspecified atom stereocenters. The Bertz CT molecular complexity index is 162. The number of Topliss-reactive ketones (excluding diaryl/α,β-unsaturated/α-hetero) is 1. The van der Waals surface area contributed by atoms with Crippen molar-refractivity contribution in [2.24, 2.45) is 5.92 Å². The molecule has 0 saturated heterocycles. The first-order valence-corrected chi connectivity index (χ1v) is 8.02. The number of hydrogen-bond acceptors (Lipinski definition) is 2. The standard InChI is InChI=1S/C9H16O.C5H12S/c1-2-5-8-6-3-4-7-9(8)10;1-3-5-6-4-2/h8H,2-7H2,1H3;3-5H2,1-2H3. The van der Waals surface area contributed by atoms with E-state index in [0.717, 1.165) is 32.1 Å². The molecule has 0 aromatic rings. The lowest BCUT2D eigenvalue weighted by Crippen LogP contribution is -2.18. The van der Waals surface area contributed by atoms with Crippen molar-refractivity contribution in [1.82, 2.24) is 0 Å². The molecular weight excluding hydrogens is 216 g/mol. The van der Waals surface area contributed by atoms with E-state index < -0.39 is 0 Å². The predicted molar refractivity (Wildman–Crippen MR) is 75.2 cm³/mol. The highest BCUT2D eigenvalue weighted by molar-refractivity contribution is 7.99. The largest absolute Gasteiger partial charge is 0.299 e. The topological polar surface area (TPSA) is 17.1 Å². The van der Waals surface area contributed by atoms with Crippen molar-refractivity contribution in [3.63, 3.8) is 0 Å². The third-order valence-electron chi connectivity index (χ3n) is 2.87. The van der Waals surface area contributed by atoms with Gasteiger partial charge in [0, 0.05) is 12.3 Å². The molecule has 0 N–H and O–H groups in total. The molecule has 1 rings (SSSR count). The summed E-state index contributed by atoms with van der Waals surface area (Å²) < 4.78 is 0. The van der Waals surface area contributed by atoms with E-state index in [1.165, 1.54) is 24.3 Å². The first-order valence-electron chi connectivity index (χ1n) is 6.86. The van der Waals surface area contributed by atoms with Crippen LogP contribution in [0, 0.1) is 5.92 Å². The van der Waals surface area contributed by atoms with Gasteiger partial charge in [-0.2, -0.15) is 11.8 Å². The number of carbonyl (C=O) groups is 1. The van der Waals surface area contributed by atoms with Gasteiger partial charge in [-0.1, -0.05) is 33.6 Å². The molecule has 0 radical (unpaired) electrons. The Morgan fingerprint density at radius 3 is 2.38 bits per heavy atom. The number of rotatable bonds is 5. The molecule has 0 heterocycles. The number of thioether (sulfide) groups is 1. The highest BCUT2D eigenvalue weighted by Gasteiger charge is 2.20. The Kier molecular flexibility index (Phi) is 11.5. The van der Waals surface area contributed by atoms with Crippen LogP contribution in [0.15, 0.2) is 0 Å². The minimum Gasteiger partial charge on any atom is -0.299 e. The van der Waals surface area contributed by atoms with Gasteiger partial charge in [-0.25, -0.2) is 0 Å². The molecule has 1 nitrogen and oxygen atoms in total. The van der Waals surface area contributed by atoms with Gasteiger partial charge in [0.1, 0.15) is 5.78 Å². The van der Waals surface area contributed by atoms with E-state index in [0.29, 0.717) is 11.7 Å². The second-order valence-corrected chi connectivity index (χ2v) is 5.79. The Labute approximate surface area is 106 Å². The smallest absolute Gasteiger partial charge is 0.135 e. The van der Waals surface area contributed by atoms with Crippen LogP contribution in [0.1, 0.15) is 65.7 Å². The summed E-state index contributed by atoms with van der Waals surface area (Å²) >= 11 is 2.01. The molecule has 0 amide bonds. The first-order chi connectivity index (χ1) is 7.76. The Morgan fingerprint density at radius 2 is 1.94 bits per heavy atom. The van der Waals surface area contributed by atoms with Crippen LogP contribution in [-0.2, 0) is 4.79 Å². The molecule has 0 aromatic carbocycles. The lowest BCUT2D eigenvalue weighted by Gasteiger charge is -2.19. The molecule has 0 aromatic heterocycles. The molecular formula is C14H28OS. The van der Waals surface area contributed by atoms with Crippen LogP contribution in [0.5, 0.6) is 0 Å². The maximum atomic E-state index is 11.2. The molecule has 16 heavy (non-hydrogen) atoms. The molecule has 0 aliphatic heterocycles. The van der Waals surface area contributed by atoms with Crippen LogP contribution in [0.2, 0.25) is 0 Å². The van der Waals surface area contributed by atoms with E-state index in [1.54, 1.807) is 0 Å². The fourth-order valence-electron chi connectivity index (χ4n) is 2.00. The van der Waals surface area contributed by atoms with Gasteiger partial charge < -0.3 is 0 Å². The summed E-state index contributed by atoms with van der Waals surface area (Å²) in [7, 11) is 0. The van der Waals surface area contributed by atoms with Crippen molar-refractivity contribution < 1.29 is 4.79 Å². The Hall–Kier alpha value is 0.0200. The van der Waals surface area contributed by atoms with E-state index >= 15 is 0 Å². The van der Waals surface area contributed by atoms with Gasteiger partial charge in [-0.15, -0.1) is 0 Å². The van der Waals surface area contributed by atoms with Gasteiger partial charge in [0.25, 0.3) is 0 Å². The predicted octanol–water partition coefficient (Wildman–Crippen LogP) is 4.70. The second-order valence-electron chi connectivity index (χ2n) is 4.39. The number of ketones is 1. The molecule has 0 bridgehead atoms. The quantitative estimate of drug-likeness (QED) is 0.652. The molecule has 2 heteroatoms.